The number of carbonyl (C=O) groups excluding carboxylic acids is 1. The van der Waals surface area contributed by atoms with Crippen LogP contribution in [0.1, 0.15) is 27.7 Å². The lowest BCUT2D eigenvalue weighted by Gasteiger charge is -2.06. The molecule has 0 spiro atoms. The lowest BCUT2D eigenvalue weighted by Crippen LogP contribution is -2.22. The van der Waals surface area contributed by atoms with Crippen LogP contribution in [-0.4, -0.2) is 5.91 Å². The third kappa shape index (κ3) is 3.15. The summed E-state index contributed by atoms with van der Waals surface area (Å²) in [5.41, 5.74) is 1.96. The molecule has 0 fully saturated rings. The second-order valence-electron chi connectivity index (χ2n) is 3.96. The van der Waals surface area contributed by atoms with E-state index in [1.54, 1.807) is 23.5 Å². The van der Waals surface area contributed by atoms with Gasteiger partial charge in [-0.3, -0.25) is 4.79 Å². The van der Waals surface area contributed by atoms with Gasteiger partial charge in [0.2, 0.25) is 0 Å². The maximum absolute atomic E-state index is 12.0. The molecule has 4 heteroatoms. The Morgan fingerprint density at radius 2 is 2.22 bits per heavy atom. The van der Waals surface area contributed by atoms with Crippen LogP contribution in [0.4, 0.5) is 0 Å². The lowest BCUT2D eigenvalue weighted by atomic mass is 10.2. The van der Waals surface area contributed by atoms with Crippen molar-refractivity contribution in [1.29, 1.82) is 0 Å². The molecule has 18 heavy (non-hydrogen) atoms. The zero-order valence-corrected chi connectivity index (χ0v) is 11.9. The van der Waals surface area contributed by atoms with Crippen LogP contribution in [0.15, 0.2) is 40.6 Å². The summed E-state index contributed by atoms with van der Waals surface area (Å²) < 4.78 is 0. The van der Waals surface area contributed by atoms with Gasteiger partial charge in [0.25, 0.3) is 5.91 Å². The number of amides is 1. The summed E-state index contributed by atoms with van der Waals surface area (Å²) in [6, 6.07) is 9.37. The van der Waals surface area contributed by atoms with Gasteiger partial charge in [-0.05, 0) is 41.6 Å². The number of thiol groups is 1. The first-order valence-corrected chi connectivity index (χ1v) is 7.16. The third-order valence-electron chi connectivity index (χ3n) is 2.74. The molecule has 0 saturated heterocycles. The summed E-state index contributed by atoms with van der Waals surface area (Å²) in [6.07, 6.45) is 1.00. The summed E-state index contributed by atoms with van der Waals surface area (Å²) in [6.45, 7) is 2.72. The van der Waals surface area contributed by atoms with E-state index >= 15 is 0 Å². The van der Waals surface area contributed by atoms with E-state index in [4.69, 9.17) is 0 Å². The van der Waals surface area contributed by atoms with E-state index in [0.29, 0.717) is 12.1 Å². The summed E-state index contributed by atoms with van der Waals surface area (Å²) in [7, 11) is 0. The molecule has 1 heterocycles. The highest BCUT2D eigenvalue weighted by Gasteiger charge is 2.07. The Labute approximate surface area is 116 Å². The van der Waals surface area contributed by atoms with Crippen molar-refractivity contribution in [3.63, 3.8) is 0 Å². The molecule has 0 aliphatic rings. The Balaban J connectivity index is 2.00. The number of thiophene rings is 1. The van der Waals surface area contributed by atoms with Gasteiger partial charge >= 0.3 is 0 Å². The fraction of sp³-hybridized carbons (Fsp3) is 0.214. The molecule has 0 radical (unpaired) electrons. The molecule has 0 bridgehead atoms. The minimum absolute atomic E-state index is 0.0543. The first kappa shape index (κ1) is 13.2. The Morgan fingerprint density at radius 1 is 1.39 bits per heavy atom. The van der Waals surface area contributed by atoms with Crippen molar-refractivity contribution in [2.45, 2.75) is 24.8 Å². The number of hydrogen-bond acceptors (Lipinski definition) is 3. The second kappa shape index (κ2) is 6.07. The van der Waals surface area contributed by atoms with Crippen LogP contribution in [0.3, 0.4) is 0 Å². The molecule has 0 aliphatic carbocycles. The largest absolute Gasteiger partial charge is 0.347 e. The molecule has 2 nitrogen and oxygen atoms in total. The zero-order chi connectivity index (χ0) is 13.0. The van der Waals surface area contributed by atoms with Gasteiger partial charge in [-0.15, -0.1) is 24.0 Å². The molecule has 0 aliphatic heterocycles. The Hall–Kier alpha value is -1.26. The summed E-state index contributed by atoms with van der Waals surface area (Å²) in [5.74, 6) is -0.0543. The van der Waals surface area contributed by atoms with Gasteiger partial charge in [-0.2, -0.15) is 0 Å². The average molecular weight is 277 g/mol. The maximum Gasteiger partial charge on any atom is 0.251 e. The van der Waals surface area contributed by atoms with Crippen LogP contribution in [0, 0.1) is 0 Å². The summed E-state index contributed by atoms with van der Waals surface area (Å²) in [4.78, 5) is 14.0. The Bertz CT molecular complexity index is 548. The van der Waals surface area contributed by atoms with E-state index in [-0.39, 0.29) is 5.91 Å². The van der Waals surface area contributed by atoms with Gasteiger partial charge in [-0.1, -0.05) is 13.0 Å². The SMILES string of the molecule is CCc1ccsc1CNC(=O)c1cccc(S)c1. The van der Waals surface area contributed by atoms with Gasteiger partial charge in [0.05, 0.1) is 6.54 Å². The lowest BCUT2D eigenvalue weighted by molar-refractivity contribution is 0.0951. The van der Waals surface area contributed by atoms with Crippen molar-refractivity contribution in [2.24, 2.45) is 0 Å². The number of carbonyl (C=O) groups is 1. The van der Waals surface area contributed by atoms with Crippen molar-refractivity contribution in [3.8, 4) is 0 Å². The minimum atomic E-state index is -0.0543. The quantitative estimate of drug-likeness (QED) is 0.823. The van der Waals surface area contributed by atoms with Crippen molar-refractivity contribution >= 4 is 29.9 Å². The predicted molar refractivity (Wildman–Crippen MR) is 78.6 cm³/mol. The van der Waals surface area contributed by atoms with E-state index in [0.717, 1.165) is 11.3 Å². The number of hydrogen-bond donors (Lipinski definition) is 2. The molecule has 94 valence electrons. The number of rotatable bonds is 4. The molecule has 1 aromatic heterocycles. The highest BCUT2D eigenvalue weighted by molar-refractivity contribution is 7.80. The number of nitrogens with one attached hydrogen (secondary N) is 1. The topological polar surface area (TPSA) is 29.1 Å². The number of aryl methyl sites for hydroxylation is 1. The van der Waals surface area contributed by atoms with E-state index in [1.165, 1.54) is 10.4 Å². The van der Waals surface area contributed by atoms with Crippen LogP contribution in [0.2, 0.25) is 0 Å². The van der Waals surface area contributed by atoms with Gasteiger partial charge < -0.3 is 5.32 Å². The molecule has 0 unspecified atom stereocenters. The Morgan fingerprint density at radius 3 is 2.94 bits per heavy atom. The molecule has 2 aromatic rings. The normalized spacial score (nSPS) is 10.3. The third-order valence-corrected chi connectivity index (χ3v) is 3.98. The first-order chi connectivity index (χ1) is 8.70. The summed E-state index contributed by atoms with van der Waals surface area (Å²) in [5, 5.41) is 5.00. The highest BCUT2D eigenvalue weighted by Crippen LogP contribution is 2.17. The highest BCUT2D eigenvalue weighted by atomic mass is 32.1. The van der Waals surface area contributed by atoms with Crippen LogP contribution < -0.4 is 5.32 Å². The monoisotopic (exact) mass is 277 g/mol. The zero-order valence-electron chi connectivity index (χ0n) is 10.1. The number of benzene rings is 1. The molecule has 0 atom stereocenters. The van der Waals surface area contributed by atoms with Crippen molar-refractivity contribution in [1.82, 2.24) is 5.32 Å². The van der Waals surface area contributed by atoms with Crippen molar-refractivity contribution < 1.29 is 4.79 Å². The second-order valence-corrected chi connectivity index (χ2v) is 5.47. The molecule has 2 rings (SSSR count). The molecular formula is C14H15NOS2. The maximum atomic E-state index is 12.0. The molecular weight excluding hydrogens is 262 g/mol. The molecule has 1 aromatic carbocycles. The van der Waals surface area contributed by atoms with Gasteiger partial charge in [0.1, 0.15) is 0 Å². The van der Waals surface area contributed by atoms with E-state index in [1.807, 2.05) is 12.1 Å². The molecule has 1 amide bonds. The van der Waals surface area contributed by atoms with Crippen LogP contribution >= 0.6 is 24.0 Å². The average Bonchev–Trinajstić information content (AvgIpc) is 2.83. The van der Waals surface area contributed by atoms with Crippen LogP contribution in [-0.2, 0) is 13.0 Å². The molecule has 1 N–H and O–H groups in total. The standard InChI is InChI=1S/C14H15NOS2/c1-2-10-6-7-18-13(10)9-15-14(16)11-4-3-5-12(17)8-11/h3-8,17H,2,9H2,1H3,(H,15,16). The van der Waals surface area contributed by atoms with E-state index in [9.17, 15) is 4.79 Å². The van der Waals surface area contributed by atoms with Crippen molar-refractivity contribution in [3.05, 3.63) is 51.7 Å². The predicted octanol–water partition coefficient (Wildman–Crippen LogP) is 3.53. The fourth-order valence-electron chi connectivity index (χ4n) is 1.75. The van der Waals surface area contributed by atoms with E-state index < -0.39 is 0 Å². The van der Waals surface area contributed by atoms with Crippen LogP contribution in [0.5, 0.6) is 0 Å². The van der Waals surface area contributed by atoms with E-state index in [2.05, 4.69) is 36.3 Å². The van der Waals surface area contributed by atoms with Gasteiger partial charge in [0, 0.05) is 15.3 Å². The minimum Gasteiger partial charge on any atom is -0.347 e. The fourth-order valence-corrected chi connectivity index (χ4v) is 2.89. The van der Waals surface area contributed by atoms with Gasteiger partial charge in [-0.25, -0.2) is 0 Å². The van der Waals surface area contributed by atoms with Crippen molar-refractivity contribution in [2.75, 3.05) is 0 Å². The smallest absolute Gasteiger partial charge is 0.251 e. The molecule has 0 saturated carbocycles. The summed E-state index contributed by atoms with van der Waals surface area (Å²) >= 11 is 5.91. The van der Waals surface area contributed by atoms with Crippen LogP contribution in [0.25, 0.3) is 0 Å². The Kier molecular flexibility index (Phi) is 4.44. The first-order valence-electron chi connectivity index (χ1n) is 5.83. The van der Waals surface area contributed by atoms with Gasteiger partial charge in [0.15, 0.2) is 0 Å².